The van der Waals surface area contributed by atoms with Gasteiger partial charge in [-0.3, -0.25) is 4.79 Å². The second kappa shape index (κ2) is 8.06. The first-order valence-corrected chi connectivity index (χ1v) is 9.14. The summed E-state index contributed by atoms with van der Waals surface area (Å²) in [5, 5.41) is 0. The van der Waals surface area contributed by atoms with Gasteiger partial charge >= 0.3 is 0 Å². The van der Waals surface area contributed by atoms with E-state index in [-0.39, 0.29) is 5.91 Å². The van der Waals surface area contributed by atoms with Gasteiger partial charge in [0.25, 0.3) is 0 Å². The third-order valence-corrected chi connectivity index (χ3v) is 4.84. The minimum absolute atomic E-state index is 0.275. The number of carbonyl (C=O) groups is 1. The Kier molecular flexibility index (Phi) is 5.59. The van der Waals surface area contributed by atoms with Crippen LogP contribution >= 0.6 is 11.8 Å². The molecule has 0 spiro atoms. The highest BCUT2D eigenvalue weighted by Gasteiger charge is 2.17. The molecule has 3 nitrogen and oxygen atoms in total. The van der Waals surface area contributed by atoms with Crippen molar-refractivity contribution in [3.8, 4) is 11.5 Å². The number of rotatable bonds is 6. The predicted molar refractivity (Wildman–Crippen MR) is 94.9 cm³/mol. The maximum atomic E-state index is 12.0. The lowest BCUT2D eigenvalue weighted by Crippen LogP contribution is -2.29. The van der Waals surface area contributed by atoms with E-state index >= 15 is 0 Å². The van der Waals surface area contributed by atoms with Crippen molar-refractivity contribution in [1.82, 2.24) is 4.90 Å². The lowest BCUT2D eigenvalue weighted by Gasteiger charge is -2.14. The number of hydrogen-bond acceptors (Lipinski definition) is 3. The number of thioether (sulfide) groups is 1. The van der Waals surface area contributed by atoms with Crippen LogP contribution in [0.3, 0.4) is 0 Å². The smallest absolute Gasteiger partial charge is 0.232 e. The summed E-state index contributed by atoms with van der Waals surface area (Å²) in [7, 11) is 0. The SMILES string of the molecule is O=C(CSCc1ccc(Oc2ccccc2)cc1)N1CCCC1. The molecule has 1 fully saturated rings. The van der Waals surface area contributed by atoms with Gasteiger partial charge in [-0.25, -0.2) is 0 Å². The zero-order valence-corrected chi connectivity index (χ0v) is 13.9. The van der Waals surface area contributed by atoms with Crippen LogP contribution in [0.15, 0.2) is 54.6 Å². The van der Waals surface area contributed by atoms with Gasteiger partial charge in [0.15, 0.2) is 0 Å². The molecule has 0 bridgehead atoms. The summed E-state index contributed by atoms with van der Waals surface area (Å²) in [6.45, 7) is 1.87. The normalized spacial score (nSPS) is 14.0. The molecule has 0 radical (unpaired) electrons. The Morgan fingerprint density at radius 3 is 2.30 bits per heavy atom. The number of nitrogens with zero attached hydrogens (tertiary/aromatic N) is 1. The predicted octanol–water partition coefficient (Wildman–Crippen LogP) is 4.33. The minimum atomic E-state index is 0.275. The standard InChI is InChI=1S/C19H21NO2S/c21-19(20-12-4-5-13-20)15-23-14-16-8-10-18(11-9-16)22-17-6-2-1-3-7-17/h1-3,6-11H,4-5,12-15H2. The van der Waals surface area contributed by atoms with Crippen molar-refractivity contribution in [1.29, 1.82) is 0 Å². The number of hydrogen-bond donors (Lipinski definition) is 0. The zero-order chi connectivity index (χ0) is 15.9. The van der Waals surface area contributed by atoms with Gasteiger partial charge in [-0.2, -0.15) is 0 Å². The van der Waals surface area contributed by atoms with Crippen LogP contribution in [-0.4, -0.2) is 29.6 Å². The highest BCUT2D eigenvalue weighted by Crippen LogP contribution is 2.22. The minimum Gasteiger partial charge on any atom is -0.457 e. The Bertz CT molecular complexity index is 622. The second-order valence-corrected chi connectivity index (χ2v) is 6.63. The molecule has 4 heteroatoms. The Morgan fingerprint density at radius 1 is 0.957 bits per heavy atom. The number of carbonyl (C=O) groups excluding carboxylic acids is 1. The third kappa shape index (κ3) is 4.76. The van der Waals surface area contributed by atoms with Crippen LogP contribution in [-0.2, 0) is 10.5 Å². The Hall–Kier alpha value is -1.94. The van der Waals surface area contributed by atoms with Crippen molar-refractivity contribution in [3.63, 3.8) is 0 Å². The first-order chi connectivity index (χ1) is 11.3. The quantitative estimate of drug-likeness (QED) is 0.791. The van der Waals surface area contributed by atoms with Gasteiger partial charge in [0, 0.05) is 18.8 Å². The number of amides is 1. The van der Waals surface area contributed by atoms with Crippen LogP contribution in [0.1, 0.15) is 18.4 Å². The van der Waals surface area contributed by atoms with E-state index in [1.807, 2.05) is 47.4 Å². The van der Waals surface area contributed by atoms with E-state index in [2.05, 4.69) is 12.1 Å². The molecule has 1 aliphatic rings. The molecule has 3 rings (SSSR count). The summed E-state index contributed by atoms with van der Waals surface area (Å²) in [4.78, 5) is 14.0. The Labute approximate surface area is 141 Å². The van der Waals surface area contributed by atoms with E-state index in [4.69, 9.17) is 4.74 Å². The Balaban J connectivity index is 1.45. The second-order valence-electron chi connectivity index (χ2n) is 5.64. The van der Waals surface area contributed by atoms with Crippen molar-refractivity contribution >= 4 is 17.7 Å². The number of para-hydroxylation sites is 1. The molecule has 2 aromatic carbocycles. The summed E-state index contributed by atoms with van der Waals surface area (Å²) < 4.78 is 5.78. The molecule has 0 N–H and O–H groups in total. The van der Waals surface area contributed by atoms with Crippen molar-refractivity contribution in [3.05, 3.63) is 60.2 Å². The van der Waals surface area contributed by atoms with Crippen LogP contribution in [0, 0.1) is 0 Å². The van der Waals surface area contributed by atoms with Crippen molar-refractivity contribution in [2.45, 2.75) is 18.6 Å². The van der Waals surface area contributed by atoms with Gasteiger partial charge in [0.1, 0.15) is 11.5 Å². The third-order valence-electron chi connectivity index (χ3n) is 3.86. The van der Waals surface area contributed by atoms with E-state index in [0.717, 1.165) is 43.2 Å². The van der Waals surface area contributed by atoms with Crippen LogP contribution < -0.4 is 4.74 Å². The monoisotopic (exact) mass is 327 g/mol. The van der Waals surface area contributed by atoms with E-state index in [9.17, 15) is 4.79 Å². The molecule has 0 aliphatic carbocycles. The maximum Gasteiger partial charge on any atom is 0.232 e. The van der Waals surface area contributed by atoms with Crippen LogP contribution in [0.25, 0.3) is 0 Å². The molecule has 2 aromatic rings. The van der Waals surface area contributed by atoms with E-state index in [1.165, 1.54) is 5.56 Å². The highest BCUT2D eigenvalue weighted by molar-refractivity contribution is 7.99. The lowest BCUT2D eigenvalue weighted by atomic mass is 10.2. The maximum absolute atomic E-state index is 12.0. The van der Waals surface area contributed by atoms with Crippen LogP contribution in [0.5, 0.6) is 11.5 Å². The molecule has 0 unspecified atom stereocenters. The fourth-order valence-corrected chi connectivity index (χ4v) is 3.48. The van der Waals surface area contributed by atoms with E-state index < -0.39 is 0 Å². The molecule has 1 heterocycles. The average molecular weight is 327 g/mol. The number of likely N-dealkylation sites (tertiary alicyclic amines) is 1. The summed E-state index contributed by atoms with van der Waals surface area (Å²) in [6, 6.07) is 17.8. The van der Waals surface area contributed by atoms with Crippen LogP contribution in [0.4, 0.5) is 0 Å². The van der Waals surface area contributed by atoms with Gasteiger partial charge in [-0.15, -0.1) is 11.8 Å². The lowest BCUT2D eigenvalue weighted by molar-refractivity contribution is -0.127. The topological polar surface area (TPSA) is 29.5 Å². The van der Waals surface area contributed by atoms with Gasteiger partial charge in [-0.1, -0.05) is 30.3 Å². The number of ether oxygens (including phenoxy) is 1. The largest absolute Gasteiger partial charge is 0.457 e. The molecule has 1 aliphatic heterocycles. The van der Waals surface area contributed by atoms with E-state index in [1.54, 1.807) is 11.8 Å². The van der Waals surface area contributed by atoms with Crippen molar-refractivity contribution in [2.75, 3.05) is 18.8 Å². The molecule has 120 valence electrons. The highest BCUT2D eigenvalue weighted by atomic mass is 32.2. The molecule has 0 atom stereocenters. The summed E-state index contributed by atoms with van der Waals surface area (Å²) in [5.41, 5.74) is 1.21. The average Bonchev–Trinajstić information content (AvgIpc) is 3.12. The van der Waals surface area contributed by atoms with Gasteiger partial charge in [0.2, 0.25) is 5.91 Å². The number of benzene rings is 2. The fourth-order valence-electron chi connectivity index (χ4n) is 2.59. The summed E-state index contributed by atoms with van der Waals surface area (Å²) in [6.07, 6.45) is 2.30. The molecule has 23 heavy (non-hydrogen) atoms. The summed E-state index contributed by atoms with van der Waals surface area (Å²) in [5.74, 6) is 3.37. The first kappa shape index (κ1) is 15.9. The summed E-state index contributed by atoms with van der Waals surface area (Å²) >= 11 is 1.68. The Morgan fingerprint density at radius 2 is 1.61 bits per heavy atom. The fraction of sp³-hybridized carbons (Fsp3) is 0.316. The first-order valence-electron chi connectivity index (χ1n) is 7.98. The molecule has 1 saturated heterocycles. The molecule has 0 saturated carbocycles. The van der Waals surface area contributed by atoms with Crippen molar-refractivity contribution < 1.29 is 9.53 Å². The molecular formula is C19H21NO2S. The van der Waals surface area contributed by atoms with Crippen LogP contribution in [0.2, 0.25) is 0 Å². The van der Waals surface area contributed by atoms with E-state index in [0.29, 0.717) is 5.75 Å². The molecule has 1 amide bonds. The van der Waals surface area contributed by atoms with Gasteiger partial charge in [-0.05, 0) is 42.7 Å². The zero-order valence-electron chi connectivity index (χ0n) is 13.1. The van der Waals surface area contributed by atoms with Gasteiger partial charge in [0.05, 0.1) is 5.75 Å². The molecule has 0 aromatic heterocycles. The van der Waals surface area contributed by atoms with Crippen molar-refractivity contribution in [2.24, 2.45) is 0 Å². The van der Waals surface area contributed by atoms with Gasteiger partial charge < -0.3 is 9.64 Å². The molecular weight excluding hydrogens is 306 g/mol.